The van der Waals surface area contributed by atoms with Gasteiger partial charge in [-0.25, -0.2) is 19.4 Å². The largest absolute Gasteiger partial charge is 0.240 e. The molecule has 112 valence electrons. The topological polar surface area (TPSA) is 88.3 Å². The second-order valence-corrected chi connectivity index (χ2v) is 5.32. The Balaban J connectivity index is 2.11. The Morgan fingerprint density at radius 1 is 0.955 bits per heavy atom. The lowest BCUT2D eigenvalue weighted by Gasteiger charge is -2.25. The minimum Gasteiger partial charge on any atom is -0.211 e. The summed E-state index contributed by atoms with van der Waals surface area (Å²) in [6.45, 7) is 0. The van der Waals surface area contributed by atoms with E-state index in [0.29, 0.717) is 17.3 Å². The number of benzene rings is 1. The Kier molecular flexibility index (Phi) is 5.70. The average molecular weight is 297 g/mol. The van der Waals surface area contributed by atoms with E-state index in [0.717, 1.165) is 37.7 Å². The van der Waals surface area contributed by atoms with E-state index in [-0.39, 0.29) is 6.04 Å². The number of rotatable bonds is 5. The number of hydrogen-bond acceptors (Lipinski definition) is 6. The SMILES string of the molecule is O=C=Nc1ccc(CC2CCC(N=C=O)CC2)c(N=C=O)c1. The Hall–Kier alpha value is -2.64. The Bertz CT molecular complexity index is 674. The van der Waals surface area contributed by atoms with Crippen LogP contribution in [0.5, 0.6) is 0 Å². The molecule has 1 aromatic rings. The van der Waals surface area contributed by atoms with Crippen LogP contribution in [0, 0.1) is 5.92 Å². The first-order chi connectivity index (χ1) is 10.8. The molecule has 1 aliphatic rings. The number of hydrogen-bond donors (Lipinski definition) is 0. The van der Waals surface area contributed by atoms with Gasteiger partial charge in [0.05, 0.1) is 17.4 Å². The molecule has 6 heteroatoms. The van der Waals surface area contributed by atoms with Gasteiger partial charge in [0.1, 0.15) is 0 Å². The first-order valence-corrected chi connectivity index (χ1v) is 7.12. The lowest BCUT2D eigenvalue weighted by molar-refractivity contribution is 0.325. The smallest absolute Gasteiger partial charge is 0.211 e. The highest BCUT2D eigenvalue weighted by Gasteiger charge is 2.21. The Morgan fingerprint density at radius 3 is 2.32 bits per heavy atom. The second kappa shape index (κ2) is 7.96. The average Bonchev–Trinajstić information content (AvgIpc) is 2.52. The van der Waals surface area contributed by atoms with Gasteiger partial charge in [-0.1, -0.05) is 6.07 Å². The van der Waals surface area contributed by atoms with Gasteiger partial charge in [0.15, 0.2) is 0 Å². The van der Waals surface area contributed by atoms with Crippen LogP contribution >= 0.6 is 0 Å². The molecule has 1 saturated carbocycles. The van der Waals surface area contributed by atoms with E-state index in [1.165, 1.54) is 12.2 Å². The van der Waals surface area contributed by atoms with Gasteiger partial charge in [-0.2, -0.15) is 9.98 Å². The van der Waals surface area contributed by atoms with Crippen molar-refractivity contribution in [2.24, 2.45) is 20.9 Å². The number of isocyanates is 3. The van der Waals surface area contributed by atoms with Crippen molar-refractivity contribution >= 4 is 29.6 Å². The molecule has 22 heavy (non-hydrogen) atoms. The van der Waals surface area contributed by atoms with Crippen LogP contribution < -0.4 is 0 Å². The standard InChI is InChI=1S/C16H15N3O3/c20-9-17-14-4-1-12(2-5-14)7-13-3-6-15(18-10-21)8-16(13)19-11-22/h3,6,8,12,14H,1-2,4-5,7H2. The maximum atomic E-state index is 10.6. The van der Waals surface area contributed by atoms with E-state index in [9.17, 15) is 14.4 Å². The van der Waals surface area contributed by atoms with Crippen molar-refractivity contribution < 1.29 is 14.4 Å². The zero-order valence-corrected chi connectivity index (χ0v) is 12.0. The molecule has 0 radical (unpaired) electrons. The molecular weight excluding hydrogens is 282 g/mol. The summed E-state index contributed by atoms with van der Waals surface area (Å²) in [6, 6.07) is 5.19. The van der Waals surface area contributed by atoms with Gasteiger partial charge in [0.25, 0.3) is 0 Å². The van der Waals surface area contributed by atoms with E-state index >= 15 is 0 Å². The first-order valence-electron chi connectivity index (χ1n) is 7.12. The van der Waals surface area contributed by atoms with Crippen molar-refractivity contribution in [3.63, 3.8) is 0 Å². The third kappa shape index (κ3) is 4.18. The quantitative estimate of drug-likeness (QED) is 0.618. The van der Waals surface area contributed by atoms with Crippen molar-refractivity contribution in [1.29, 1.82) is 0 Å². The van der Waals surface area contributed by atoms with Crippen LogP contribution in [0.1, 0.15) is 31.2 Å². The Labute approximate surface area is 127 Å². The molecule has 0 heterocycles. The van der Waals surface area contributed by atoms with Gasteiger partial charge in [-0.3, -0.25) is 0 Å². The highest BCUT2D eigenvalue weighted by molar-refractivity contribution is 5.62. The van der Waals surface area contributed by atoms with Crippen molar-refractivity contribution in [2.45, 2.75) is 38.1 Å². The lowest BCUT2D eigenvalue weighted by Crippen LogP contribution is -2.18. The minimum atomic E-state index is 0.0884. The fraction of sp³-hybridized carbons (Fsp3) is 0.438. The van der Waals surface area contributed by atoms with Crippen molar-refractivity contribution in [3.8, 4) is 0 Å². The second-order valence-electron chi connectivity index (χ2n) is 5.32. The predicted octanol–water partition coefficient (Wildman–Crippen LogP) is 3.06. The van der Waals surface area contributed by atoms with E-state index < -0.39 is 0 Å². The van der Waals surface area contributed by atoms with Gasteiger partial charge in [0, 0.05) is 0 Å². The fourth-order valence-electron chi connectivity index (χ4n) is 2.86. The molecule has 0 aliphatic heterocycles. The number of carbonyl (C=O) groups excluding carboxylic acids is 3. The van der Waals surface area contributed by atoms with E-state index in [2.05, 4.69) is 15.0 Å². The molecule has 0 spiro atoms. The molecule has 1 fully saturated rings. The molecular formula is C16H15N3O3. The molecule has 6 nitrogen and oxygen atoms in total. The van der Waals surface area contributed by atoms with E-state index in [1.54, 1.807) is 18.2 Å². The summed E-state index contributed by atoms with van der Waals surface area (Å²) < 4.78 is 0. The summed E-state index contributed by atoms with van der Waals surface area (Å²) in [5.41, 5.74) is 1.83. The summed E-state index contributed by atoms with van der Waals surface area (Å²) in [5.74, 6) is 0.458. The highest BCUT2D eigenvalue weighted by atomic mass is 16.1. The molecule has 0 bridgehead atoms. The molecule has 0 unspecified atom stereocenters. The van der Waals surface area contributed by atoms with Crippen LogP contribution in [0.3, 0.4) is 0 Å². The van der Waals surface area contributed by atoms with Crippen LogP contribution in [-0.2, 0) is 20.8 Å². The highest BCUT2D eigenvalue weighted by Crippen LogP contribution is 2.33. The number of nitrogens with zero attached hydrogens (tertiary/aromatic N) is 3. The first kappa shape index (κ1) is 15.7. The van der Waals surface area contributed by atoms with Crippen molar-refractivity contribution in [1.82, 2.24) is 0 Å². The van der Waals surface area contributed by atoms with Crippen molar-refractivity contribution in [3.05, 3.63) is 23.8 Å². The monoisotopic (exact) mass is 297 g/mol. The molecule has 1 aromatic carbocycles. The lowest BCUT2D eigenvalue weighted by atomic mass is 9.82. The summed E-state index contributed by atoms with van der Waals surface area (Å²) in [6.07, 6.45) is 9.08. The van der Waals surface area contributed by atoms with Gasteiger partial charge in [-0.15, -0.1) is 0 Å². The van der Waals surface area contributed by atoms with Crippen LogP contribution in [0.25, 0.3) is 0 Å². The zero-order valence-electron chi connectivity index (χ0n) is 12.0. The Morgan fingerprint density at radius 2 is 1.68 bits per heavy atom. The van der Waals surface area contributed by atoms with Gasteiger partial charge in [-0.05, 0) is 55.7 Å². The van der Waals surface area contributed by atoms with Crippen LogP contribution in [0.4, 0.5) is 11.4 Å². The maximum absolute atomic E-state index is 10.6. The van der Waals surface area contributed by atoms with Crippen LogP contribution in [0.15, 0.2) is 33.2 Å². The molecule has 0 N–H and O–H groups in total. The fourth-order valence-corrected chi connectivity index (χ4v) is 2.86. The molecule has 1 aliphatic carbocycles. The molecule has 0 saturated heterocycles. The number of aliphatic imine (C=N–C) groups is 3. The van der Waals surface area contributed by atoms with Gasteiger partial charge >= 0.3 is 0 Å². The van der Waals surface area contributed by atoms with E-state index in [1.807, 2.05) is 6.07 Å². The van der Waals surface area contributed by atoms with Crippen LogP contribution in [-0.4, -0.2) is 24.3 Å². The molecule has 0 amide bonds. The van der Waals surface area contributed by atoms with Crippen molar-refractivity contribution in [2.75, 3.05) is 0 Å². The van der Waals surface area contributed by atoms with Gasteiger partial charge in [0.2, 0.25) is 18.2 Å². The normalized spacial score (nSPS) is 20.2. The van der Waals surface area contributed by atoms with E-state index in [4.69, 9.17) is 0 Å². The third-order valence-corrected chi connectivity index (χ3v) is 3.97. The summed E-state index contributed by atoms with van der Waals surface area (Å²) in [7, 11) is 0. The zero-order chi connectivity index (χ0) is 15.8. The minimum absolute atomic E-state index is 0.0884. The van der Waals surface area contributed by atoms with Crippen LogP contribution in [0.2, 0.25) is 0 Å². The summed E-state index contributed by atoms with van der Waals surface area (Å²) >= 11 is 0. The molecule has 0 atom stereocenters. The molecule has 0 aromatic heterocycles. The third-order valence-electron chi connectivity index (χ3n) is 3.97. The molecule has 2 rings (SSSR count). The van der Waals surface area contributed by atoms with Gasteiger partial charge < -0.3 is 0 Å². The summed E-state index contributed by atoms with van der Waals surface area (Å²) in [5, 5.41) is 0. The predicted molar refractivity (Wildman–Crippen MR) is 79.6 cm³/mol. The summed E-state index contributed by atoms with van der Waals surface area (Å²) in [4.78, 5) is 42.1. The maximum Gasteiger partial charge on any atom is 0.240 e.